The Labute approximate surface area is 152 Å². The third-order valence-electron chi connectivity index (χ3n) is 4.51. The largest absolute Gasteiger partial charge is 0.357 e. The summed E-state index contributed by atoms with van der Waals surface area (Å²) < 4.78 is 27.3. The Morgan fingerprint density at radius 2 is 1.85 bits per heavy atom. The van der Waals surface area contributed by atoms with Gasteiger partial charge >= 0.3 is 0 Å². The van der Waals surface area contributed by atoms with Gasteiger partial charge < -0.3 is 4.90 Å². The zero-order valence-electron chi connectivity index (χ0n) is 14.1. The van der Waals surface area contributed by atoms with E-state index in [0.29, 0.717) is 6.54 Å². The number of pyridine rings is 1. The summed E-state index contributed by atoms with van der Waals surface area (Å²) in [6.07, 6.45) is 3.51. The molecule has 9 heteroatoms. The van der Waals surface area contributed by atoms with Gasteiger partial charge in [0.05, 0.1) is 9.82 Å². The SMILES string of the molecule is O=[N+]([O-])c1ccc(S(=O)(=O)NCC2CCN(c3ccccn3)CC2)cc1. The van der Waals surface area contributed by atoms with Crippen molar-refractivity contribution in [3.8, 4) is 0 Å². The first-order valence-corrected chi connectivity index (χ1v) is 9.84. The summed E-state index contributed by atoms with van der Waals surface area (Å²) in [4.78, 5) is 16.7. The van der Waals surface area contributed by atoms with E-state index in [0.717, 1.165) is 31.7 Å². The summed E-state index contributed by atoms with van der Waals surface area (Å²) in [6.45, 7) is 2.03. The maximum atomic E-state index is 12.3. The van der Waals surface area contributed by atoms with E-state index in [-0.39, 0.29) is 16.5 Å². The number of nitrogens with one attached hydrogen (secondary N) is 1. The molecule has 1 fully saturated rings. The van der Waals surface area contributed by atoms with Gasteiger partial charge in [-0.05, 0) is 43.0 Å². The van der Waals surface area contributed by atoms with Gasteiger partial charge in [-0.25, -0.2) is 18.1 Å². The van der Waals surface area contributed by atoms with E-state index < -0.39 is 14.9 Å². The molecule has 1 aliphatic heterocycles. The third-order valence-corrected chi connectivity index (χ3v) is 5.95. The van der Waals surface area contributed by atoms with Crippen molar-refractivity contribution in [2.45, 2.75) is 17.7 Å². The Bertz CT molecular complexity index is 848. The van der Waals surface area contributed by atoms with Gasteiger partial charge in [0.2, 0.25) is 10.0 Å². The van der Waals surface area contributed by atoms with Crippen LogP contribution in [0.25, 0.3) is 0 Å². The molecule has 0 spiro atoms. The van der Waals surface area contributed by atoms with E-state index >= 15 is 0 Å². The number of aromatic nitrogens is 1. The van der Waals surface area contributed by atoms with Crippen LogP contribution in [0.3, 0.4) is 0 Å². The molecular weight excluding hydrogens is 356 g/mol. The van der Waals surface area contributed by atoms with Gasteiger partial charge in [0.15, 0.2) is 0 Å². The number of nitrogens with zero attached hydrogens (tertiary/aromatic N) is 3. The Balaban J connectivity index is 1.53. The Morgan fingerprint density at radius 1 is 1.15 bits per heavy atom. The fourth-order valence-electron chi connectivity index (χ4n) is 2.96. The predicted octanol–water partition coefficient (Wildman–Crippen LogP) is 2.18. The molecule has 1 aliphatic rings. The van der Waals surface area contributed by atoms with Crippen molar-refractivity contribution in [3.05, 3.63) is 58.8 Å². The van der Waals surface area contributed by atoms with Gasteiger partial charge in [0.1, 0.15) is 5.82 Å². The van der Waals surface area contributed by atoms with Gasteiger partial charge in [-0.3, -0.25) is 10.1 Å². The number of sulfonamides is 1. The van der Waals surface area contributed by atoms with Crippen molar-refractivity contribution in [1.82, 2.24) is 9.71 Å². The monoisotopic (exact) mass is 376 g/mol. The quantitative estimate of drug-likeness (QED) is 0.612. The molecule has 1 N–H and O–H groups in total. The van der Waals surface area contributed by atoms with E-state index in [9.17, 15) is 18.5 Å². The van der Waals surface area contributed by atoms with E-state index in [4.69, 9.17) is 0 Å². The number of nitro benzene ring substituents is 1. The molecule has 8 nitrogen and oxygen atoms in total. The van der Waals surface area contributed by atoms with Crippen LogP contribution in [0.4, 0.5) is 11.5 Å². The highest BCUT2D eigenvalue weighted by atomic mass is 32.2. The fraction of sp³-hybridized carbons (Fsp3) is 0.353. The van der Waals surface area contributed by atoms with Crippen LogP contribution in [-0.4, -0.2) is 38.0 Å². The second-order valence-electron chi connectivity index (χ2n) is 6.22. The number of hydrogen-bond donors (Lipinski definition) is 1. The highest BCUT2D eigenvalue weighted by Crippen LogP contribution is 2.22. The summed E-state index contributed by atoms with van der Waals surface area (Å²) in [5.41, 5.74) is -0.133. The highest BCUT2D eigenvalue weighted by molar-refractivity contribution is 7.89. The van der Waals surface area contributed by atoms with E-state index in [1.807, 2.05) is 18.2 Å². The first-order valence-electron chi connectivity index (χ1n) is 8.36. The van der Waals surface area contributed by atoms with Crippen molar-refractivity contribution < 1.29 is 13.3 Å². The van der Waals surface area contributed by atoms with Gasteiger partial charge in [0.25, 0.3) is 5.69 Å². The molecule has 0 aliphatic carbocycles. The molecule has 2 aromatic rings. The first kappa shape index (κ1) is 18.3. The van der Waals surface area contributed by atoms with Crippen LogP contribution in [0, 0.1) is 16.0 Å². The fourth-order valence-corrected chi connectivity index (χ4v) is 4.08. The molecule has 0 radical (unpaired) electrons. The van der Waals surface area contributed by atoms with Crippen molar-refractivity contribution in [2.75, 3.05) is 24.5 Å². The Hall–Kier alpha value is -2.52. The van der Waals surface area contributed by atoms with Crippen molar-refractivity contribution >= 4 is 21.5 Å². The summed E-state index contributed by atoms with van der Waals surface area (Å²) >= 11 is 0. The number of rotatable bonds is 6. The van der Waals surface area contributed by atoms with Crippen LogP contribution in [-0.2, 0) is 10.0 Å². The summed E-state index contributed by atoms with van der Waals surface area (Å²) in [6, 6.07) is 10.7. The molecule has 1 saturated heterocycles. The molecule has 0 bridgehead atoms. The number of piperidine rings is 1. The molecule has 0 atom stereocenters. The van der Waals surface area contributed by atoms with Crippen LogP contribution < -0.4 is 9.62 Å². The molecule has 138 valence electrons. The maximum absolute atomic E-state index is 12.3. The molecule has 3 rings (SSSR count). The number of hydrogen-bond acceptors (Lipinski definition) is 6. The van der Waals surface area contributed by atoms with Crippen LogP contribution in [0.15, 0.2) is 53.6 Å². The minimum Gasteiger partial charge on any atom is -0.357 e. The normalized spacial score (nSPS) is 15.8. The zero-order chi connectivity index (χ0) is 18.6. The maximum Gasteiger partial charge on any atom is 0.269 e. The third kappa shape index (κ3) is 4.36. The minimum absolute atomic E-state index is 0.0361. The molecule has 0 amide bonds. The second-order valence-corrected chi connectivity index (χ2v) is 7.99. The standard InChI is InChI=1S/C17H20N4O4S/c22-21(23)15-4-6-16(7-5-15)26(24,25)19-13-14-8-11-20(12-9-14)17-3-1-2-10-18-17/h1-7,10,14,19H,8-9,11-13H2. The number of nitro groups is 1. The van der Waals surface area contributed by atoms with Crippen LogP contribution in [0.2, 0.25) is 0 Å². The topological polar surface area (TPSA) is 105 Å². The molecular formula is C17H20N4O4S. The smallest absolute Gasteiger partial charge is 0.269 e. The minimum atomic E-state index is -3.67. The van der Waals surface area contributed by atoms with Crippen molar-refractivity contribution in [1.29, 1.82) is 0 Å². The van der Waals surface area contributed by atoms with Gasteiger partial charge in [-0.2, -0.15) is 0 Å². The highest BCUT2D eigenvalue weighted by Gasteiger charge is 2.23. The number of non-ortho nitro benzene ring substituents is 1. The van der Waals surface area contributed by atoms with Gasteiger partial charge in [-0.15, -0.1) is 0 Å². The van der Waals surface area contributed by atoms with E-state index in [2.05, 4.69) is 14.6 Å². The lowest BCUT2D eigenvalue weighted by Crippen LogP contribution is -2.39. The summed E-state index contributed by atoms with van der Waals surface area (Å²) in [5.74, 6) is 1.19. The lowest BCUT2D eigenvalue weighted by Gasteiger charge is -2.32. The lowest BCUT2D eigenvalue weighted by molar-refractivity contribution is -0.384. The number of benzene rings is 1. The van der Waals surface area contributed by atoms with Crippen LogP contribution in [0.1, 0.15) is 12.8 Å². The molecule has 26 heavy (non-hydrogen) atoms. The van der Waals surface area contributed by atoms with E-state index in [1.165, 1.54) is 24.3 Å². The van der Waals surface area contributed by atoms with Gasteiger partial charge in [-0.1, -0.05) is 6.07 Å². The summed E-state index contributed by atoms with van der Waals surface area (Å²) in [5, 5.41) is 10.7. The first-order chi connectivity index (χ1) is 12.5. The van der Waals surface area contributed by atoms with Crippen LogP contribution in [0.5, 0.6) is 0 Å². The molecule has 0 saturated carbocycles. The van der Waals surface area contributed by atoms with E-state index in [1.54, 1.807) is 6.20 Å². The number of anilines is 1. The predicted molar refractivity (Wildman–Crippen MR) is 97.5 cm³/mol. The lowest BCUT2D eigenvalue weighted by atomic mass is 9.97. The van der Waals surface area contributed by atoms with Gasteiger partial charge in [0, 0.05) is 38.0 Å². The second kappa shape index (κ2) is 7.79. The zero-order valence-corrected chi connectivity index (χ0v) is 14.9. The average Bonchev–Trinajstić information content (AvgIpc) is 2.67. The van der Waals surface area contributed by atoms with Crippen molar-refractivity contribution in [3.63, 3.8) is 0 Å². The Morgan fingerprint density at radius 3 is 2.42 bits per heavy atom. The molecule has 1 aromatic heterocycles. The summed E-state index contributed by atoms with van der Waals surface area (Å²) in [7, 11) is -3.67. The molecule has 2 heterocycles. The van der Waals surface area contributed by atoms with Crippen LogP contribution >= 0.6 is 0 Å². The molecule has 1 aromatic carbocycles. The van der Waals surface area contributed by atoms with Crippen molar-refractivity contribution in [2.24, 2.45) is 5.92 Å². The molecule has 0 unspecified atom stereocenters. The Kier molecular flexibility index (Phi) is 5.48. The average molecular weight is 376 g/mol.